The first-order valence-corrected chi connectivity index (χ1v) is 8.12. The van der Waals surface area contributed by atoms with Crippen LogP contribution in [-0.2, 0) is 4.74 Å². The third-order valence-corrected chi connectivity index (χ3v) is 4.34. The number of anilines is 1. The maximum absolute atomic E-state index is 12.4. The molecule has 0 aliphatic carbocycles. The number of para-hydroxylation sites is 1. The van der Waals surface area contributed by atoms with Gasteiger partial charge in [0.1, 0.15) is 0 Å². The molecule has 5 heteroatoms. The molecule has 110 valence electrons. The van der Waals surface area contributed by atoms with E-state index >= 15 is 0 Å². The van der Waals surface area contributed by atoms with Crippen molar-refractivity contribution in [3.8, 4) is 0 Å². The molecule has 0 bridgehead atoms. The molecule has 1 atom stereocenters. The molecule has 1 saturated heterocycles. The lowest BCUT2D eigenvalue weighted by atomic mass is 10.2. The minimum absolute atomic E-state index is 0.0238. The molecule has 0 spiro atoms. The average molecular weight is 294 g/mol. The van der Waals surface area contributed by atoms with Crippen LogP contribution in [0.5, 0.6) is 0 Å². The Kier molecular flexibility index (Phi) is 5.73. The van der Waals surface area contributed by atoms with Crippen molar-refractivity contribution in [3.05, 3.63) is 24.3 Å². The van der Waals surface area contributed by atoms with Gasteiger partial charge >= 0.3 is 6.03 Å². The van der Waals surface area contributed by atoms with Gasteiger partial charge in [-0.05, 0) is 24.3 Å². The SMILES string of the molecule is CCSc1ccccc1NC(=O)N1CCOC[C@H]1CC. The Hall–Kier alpha value is -1.20. The van der Waals surface area contributed by atoms with Gasteiger partial charge in [-0.25, -0.2) is 4.79 Å². The van der Waals surface area contributed by atoms with Crippen molar-refractivity contribution in [1.82, 2.24) is 4.90 Å². The van der Waals surface area contributed by atoms with Gasteiger partial charge in [-0.15, -0.1) is 11.8 Å². The highest BCUT2D eigenvalue weighted by atomic mass is 32.2. The molecule has 1 fully saturated rings. The lowest BCUT2D eigenvalue weighted by molar-refractivity contribution is 0.0144. The summed E-state index contributed by atoms with van der Waals surface area (Å²) in [7, 11) is 0. The van der Waals surface area contributed by atoms with Crippen LogP contribution in [0.2, 0.25) is 0 Å². The number of nitrogens with zero attached hydrogens (tertiary/aromatic N) is 1. The molecule has 0 unspecified atom stereocenters. The summed E-state index contributed by atoms with van der Waals surface area (Å²) in [6.45, 7) is 6.11. The van der Waals surface area contributed by atoms with E-state index < -0.39 is 0 Å². The zero-order chi connectivity index (χ0) is 14.4. The van der Waals surface area contributed by atoms with Crippen molar-refractivity contribution in [3.63, 3.8) is 0 Å². The first-order chi connectivity index (χ1) is 9.76. The maximum atomic E-state index is 12.4. The quantitative estimate of drug-likeness (QED) is 0.865. The molecule has 2 rings (SSSR count). The average Bonchev–Trinajstić information content (AvgIpc) is 2.49. The van der Waals surface area contributed by atoms with E-state index in [9.17, 15) is 4.79 Å². The fourth-order valence-corrected chi connectivity index (χ4v) is 3.06. The van der Waals surface area contributed by atoms with Crippen LogP contribution < -0.4 is 5.32 Å². The number of benzene rings is 1. The number of hydrogen-bond donors (Lipinski definition) is 1. The minimum Gasteiger partial charge on any atom is -0.377 e. The Morgan fingerprint density at radius 1 is 1.45 bits per heavy atom. The highest BCUT2D eigenvalue weighted by molar-refractivity contribution is 7.99. The van der Waals surface area contributed by atoms with E-state index in [1.807, 2.05) is 29.2 Å². The zero-order valence-electron chi connectivity index (χ0n) is 12.1. The molecule has 1 aromatic rings. The number of urea groups is 1. The number of rotatable bonds is 4. The van der Waals surface area contributed by atoms with Gasteiger partial charge in [0.25, 0.3) is 0 Å². The standard InChI is InChI=1S/C15H22N2O2S/c1-3-12-11-19-10-9-17(12)15(18)16-13-7-5-6-8-14(13)20-4-2/h5-8,12H,3-4,9-11H2,1-2H3,(H,16,18)/t12-/m1/s1. The number of carbonyl (C=O) groups is 1. The summed E-state index contributed by atoms with van der Waals surface area (Å²) in [5, 5.41) is 3.04. The van der Waals surface area contributed by atoms with E-state index in [1.54, 1.807) is 11.8 Å². The van der Waals surface area contributed by atoms with Gasteiger partial charge in [-0.3, -0.25) is 0 Å². The van der Waals surface area contributed by atoms with Gasteiger partial charge in [0.05, 0.1) is 24.9 Å². The molecule has 0 saturated carbocycles. The number of ether oxygens (including phenoxy) is 1. The number of hydrogen-bond acceptors (Lipinski definition) is 3. The molecule has 1 heterocycles. The van der Waals surface area contributed by atoms with Crippen LogP contribution in [0.1, 0.15) is 20.3 Å². The molecule has 1 aromatic carbocycles. The van der Waals surface area contributed by atoms with Crippen molar-refractivity contribution in [1.29, 1.82) is 0 Å². The van der Waals surface area contributed by atoms with E-state index in [4.69, 9.17) is 4.74 Å². The Morgan fingerprint density at radius 3 is 3.00 bits per heavy atom. The Morgan fingerprint density at radius 2 is 2.25 bits per heavy atom. The lowest BCUT2D eigenvalue weighted by Gasteiger charge is -2.35. The highest BCUT2D eigenvalue weighted by Gasteiger charge is 2.26. The molecule has 4 nitrogen and oxygen atoms in total. The van der Waals surface area contributed by atoms with Gasteiger partial charge < -0.3 is 15.0 Å². The van der Waals surface area contributed by atoms with Crippen molar-refractivity contribution in [2.24, 2.45) is 0 Å². The largest absolute Gasteiger partial charge is 0.377 e. The molecular formula is C15H22N2O2S. The number of thioether (sulfide) groups is 1. The van der Waals surface area contributed by atoms with E-state index in [1.165, 1.54) is 0 Å². The maximum Gasteiger partial charge on any atom is 0.322 e. The predicted octanol–water partition coefficient (Wildman–Crippen LogP) is 3.44. The van der Waals surface area contributed by atoms with Crippen LogP contribution in [0.4, 0.5) is 10.5 Å². The van der Waals surface area contributed by atoms with E-state index in [-0.39, 0.29) is 12.1 Å². The highest BCUT2D eigenvalue weighted by Crippen LogP contribution is 2.27. The van der Waals surface area contributed by atoms with Gasteiger partial charge in [0.15, 0.2) is 0 Å². The van der Waals surface area contributed by atoms with Crippen molar-refractivity contribution >= 4 is 23.5 Å². The number of nitrogens with one attached hydrogen (secondary N) is 1. The van der Waals surface area contributed by atoms with Crippen LogP contribution in [0.15, 0.2) is 29.2 Å². The second kappa shape index (κ2) is 7.55. The van der Waals surface area contributed by atoms with E-state index in [0.717, 1.165) is 22.8 Å². The molecule has 0 radical (unpaired) electrons. The summed E-state index contributed by atoms with van der Waals surface area (Å²) >= 11 is 1.74. The molecule has 0 aromatic heterocycles. The molecule has 20 heavy (non-hydrogen) atoms. The van der Waals surface area contributed by atoms with Gasteiger partial charge in [0.2, 0.25) is 0 Å². The van der Waals surface area contributed by atoms with Crippen LogP contribution >= 0.6 is 11.8 Å². The topological polar surface area (TPSA) is 41.6 Å². The van der Waals surface area contributed by atoms with Crippen molar-refractivity contribution in [2.45, 2.75) is 31.2 Å². The Balaban J connectivity index is 2.07. The lowest BCUT2D eigenvalue weighted by Crippen LogP contribution is -2.50. The van der Waals surface area contributed by atoms with E-state index in [2.05, 4.69) is 19.2 Å². The number of amides is 2. The van der Waals surface area contributed by atoms with Crippen molar-refractivity contribution in [2.75, 3.05) is 30.8 Å². The second-order valence-electron chi connectivity index (χ2n) is 4.69. The van der Waals surface area contributed by atoms with Gasteiger partial charge in [-0.1, -0.05) is 26.0 Å². The summed E-state index contributed by atoms with van der Waals surface area (Å²) in [6.07, 6.45) is 0.915. The molecular weight excluding hydrogens is 272 g/mol. The number of morpholine rings is 1. The van der Waals surface area contributed by atoms with Gasteiger partial charge in [0, 0.05) is 11.4 Å². The van der Waals surface area contributed by atoms with Crippen LogP contribution in [0.3, 0.4) is 0 Å². The summed E-state index contributed by atoms with van der Waals surface area (Å²) in [5.74, 6) is 0.988. The normalized spacial score (nSPS) is 18.9. The molecule has 1 aliphatic rings. The fraction of sp³-hybridized carbons (Fsp3) is 0.533. The van der Waals surface area contributed by atoms with Crippen LogP contribution in [-0.4, -0.2) is 42.5 Å². The van der Waals surface area contributed by atoms with E-state index in [0.29, 0.717) is 19.8 Å². The third kappa shape index (κ3) is 3.67. The van der Waals surface area contributed by atoms with Crippen LogP contribution in [0, 0.1) is 0 Å². The molecule has 1 aliphatic heterocycles. The summed E-state index contributed by atoms with van der Waals surface area (Å²) < 4.78 is 5.44. The summed E-state index contributed by atoms with van der Waals surface area (Å²) in [5.41, 5.74) is 0.894. The first-order valence-electron chi connectivity index (χ1n) is 7.13. The van der Waals surface area contributed by atoms with Crippen LogP contribution in [0.25, 0.3) is 0 Å². The number of carbonyl (C=O) groups excluding carboxylic acids is 1. The second-order valence-corrected chi connectivity index (χ2v) is 6.00. The predicted molar refractivity (Wildman–Crippen MR) is 83.5 cm³/mol. The summed E-state index contributed by atoms with van der Waals surface area (Å²) in [4.78, 5) is 15.4. The third-order valence-electron chi connectivity index (χ3n) is 3.39. The zero-order valence-corrected chi connectivity index (χ0v) is 12.9. The minimum atomic E-state index is -0.0238. The summed E-state index contributed by atoms with van der Waals surface area (Å²) in [6, 6.07) is 8.10. The smallest absolute Gasteiger partial charge is 0.322 e. The molecule has 1 N–H and O–H groups in total. The monoisotopic (exact) mass is 294 g/mol. The Bertz CT molecular complexity index is 453. The fourth-order valence-electron chi connectivity index (χ4n) is 2.30. The van der Waals surface area contributed by atoms with Crippen molar-refractivity contribution < 1.29 is 9.53 Å². The Labute approximate surface area is 124 Å². The molecule has 2 amide bonds. The first kappa shape index (κ1) is 15.2. The van der Waals surface area contributed by atoms with Gasteiger partial charge in [-0.2, -0.15) is 0 Å².